The van der Waals surface area contributed by atoms with E-state index in [1.54, 1.807) is 0 Å². The highest BCUT2D eigenvalue weighted by Gasteiger charge is 2.36. The zero-order valence-corrected chi connectivity index (χ0v) is 10.5. The summed E-state index contributed by atoms with van der Waals surface area (Å²) in [6, 6.07) is 2.11. The van der Waals surface area contributed by atoms with E-state index in [1.807, 2.05) is 11.8 Å². The third kappa shape index (κ3) is 2.98. The van der Waals surface area contributed by atoms with Crippen molar-refractivity contribution < 1.29 is 4.79 Å². The number of amides is 1. The lowest BCUT2D eigenvalue weighted by molar-refractivity contribution is -0.142. The van der Waals surface area contributed by atoms with Crippen LogP contribution in [0.4, 0.5) is 0 Å². The van der Waals surface area contributed by atoms with Crippen LogP contribution in [0.5, 0.6) is 0 Å². The molecule has 0 aromatic heterocycles. The smallest absolute Gasteiger partial charge is 0.228 e. The molecule has 90 valence electrons. The molecule has 0 spiro atoms. The number of nitriles is 1. The summed E-state index contributed by atoms with van der Waals surface area (Å²) >= 11 is 0. The topological polar surface area (TPSA) is 44.1 Å². The molecule has 1 saturated carbocycles. The summed E-state index contributed by atoms with van der Waals surface area (Å²) in [6.45, 7) is 5.38. The van der Waals surface area contributed by atoms with E-state index in [-0.39, 0.29) is 11.3 Å². The fraction of sp³-hybridized carbons (Fsp3) is 0.846. The van der Waals surface area contributed by atoms with Gasteiger partial charge in [-0.1, -0.05) is 26.2 Å². The van der Waals surface area contributed by atoms with Crippen molar-refractivity contribution in [3.05, 3.63) is 0 Å². The number of carbonyl (C=O) groups excluding carboxylic acids is 1. The van der Waals surface area contributed by atoms with Crippen LogP contribution in [0.1, 0.15) is 52.4 Å². The fourth-order valence-corrected chi connectivity index (χ4v) is 2.52. The molecule has 0 aromatic carbocycles. The molecule has 3 nitrogen and oxygen atoms in total. The molecule has 0 aromatic rings. The minimum absolute atomic E-state index is 0.163. The molecule has 0 aliphatic heterocycles. The minimum atomic E-state index is -0.163. The van der Waals surface area contributed by atoms with Crippen LogP contribution >= 0.6 is 0 Å². The molecule has 0 heterocycles. The van der Waals surface area contributed by atoms with Gasteiger partial charge in [0.1, 0.15) is 0 Å². The third-order valence-electron chi connectivity index (χ3n) is 3.64. The number of hydrogen-bond acceptors (Lipinski definition) is 2. The SMILES string of the molecule is CCN(CCC#N)C(=O)C1(C)CCCCC1. The van der Waals surface area contributed by atoms with Crippen LogP contribution < -0.4 is 0 Å². The summed E-state index contributed by atoms with van der Waals surface area (Å²) in [5.74, 6) is 0.255. The van der Waals surface area contributed by atoms with Crippen molar-refractivity contribution in [2.75, 3.05) is 13.1 Å². The Morgan fingerprint density at radius 3 is 2.50 bits per heavy atom. The van der Waals surface area contributed by atoms with Gasteiger partial charge in [-0.25, -0.2) is 0 Å². The first-order valence-electron chi connectivity index (χ1n) is 6.30. The van der Waals surface area contributed by atoms with Crippen molar-refractivity contribution in [2.24, 2.45) is 5.41 Å². The van der Waals surface area contributed by atoms with Gasteiger partial charge in [0, 0.05) is 18.5 Å². The van der Waals surface area contributed by atoms with Crippen molar-refractivity contribution in [1.82, 2.24) is 4.90 Å². The van der Waals surface area contributed by atoms with Crippen LogP contribution in [0.25, 0.3) is 0 Å². The summed E-state index contributed by atoms with van der Waals surface area (Å²) in [7, 11) is 0. The lowest BCUT2D eigenvalue weighted by Gasteiger charge is -2.36. The van der Waals surface area contributed by atoms with E-state index in [2.05, 4.69) is 13.0 Å². The molecule has 0 saturated heterocycles. The Morgan fingerprint density at radius 1 is 1.38 bits per heavy atom. The highest BCUT2D eigenvalue weighted by Crippen LogP contribution is 2.37. The van der Waals surface area contributed by atoms with Crippen LogP contribution in [0.15, 0.2) is 0 Å². The van der Waals surface area contributed by atoms with Gasteiger partial charge in [0.25, 0.3) is 0 Å². The second-order valence-electron chi connectivity index (χ2n) is 4.91. The van der Waals surface area contributed by atoms with Crippen LogP contribution in [0, 0.1) is 16.7 Å². The maximum Gasteiger partial charge on any atom is 0.228 e. The van der Waals surface area contributed by atoms with E-state index < -0.39 is 0 Å². The molecule has 1 fully saturated rings. The summed E-state index contributed by atoms with van der Waals surface area (Å²) < 4.78 is 0. The Kier molecular flexibility index (Phi) is 4.79. The van der Waals surface area contributed by atoms with E-state index >= 15 is 0 Å². The van der Waals surface area contributed by atoms with E-state index in [0.717, 1.165) is 32.2 Å². The maximum atomic E-state index is 12.4. The molecule has 1 aliphatic rings. The Labute approximate surface area is 98.4 Å². The molecule has 0 N–H and O–H groups in total. The summed E-state index contributed by atoms with van der Waals surface area (Å²) in [5, 5.41) is 8.58. The van der Waals surface area contributed by atoms with Crippen LogP contribution in [0.2, 0.25) is 0 Å². The van der Waals surface area contributed by atoms with Crippen molar-refractivity contribution >= 4 is 5.91 Å². The van der Waals surface area contributed by atoms with Gasteiger partial charge in [0.2, 0.25) is 5.91 Å². The normalized spacial score (nSPS) is 18.8. The Bertz CT molecular complexity index is 274. The average Bonchev–Trinajstić information content (AvgIpc) is 2.31. The van der Waals surface area contributed by atoms with E-state index in [9.17, 15) is 4.79 Å². The molecular weight excluding hydrogens is 200 g/mol. The van der Waals surface area contributed by atoms with Gasteiger partial charge < -0.3 is 4.90 Å². The maximum absolute atomic E-state index is 12.4. The zero-order valence-electron chi connectivity index (χ0n) is 10.5. The Morgan fingerprint density at radius 2 is 2.00 bits per heavy atom. The predicted octanol–water partition coefficient (Wildman–Crippen LogP) is 2.72. The molecule has 0 bridgehead atoms. The fourth-order valence-electron chi connectivity index (χ4n) is 2.52. The third-order valence-corrected chi connectivity index (χ3v) is 3.64. The number of nitrogens with zero attached hydrogens (tertiary/aromatic N) is 2. The minimum Gasteiger partial charge on any atom is -0.341 e. The standard InChI is InChI=1S/C13H22N2O/c1-3-15(11-7-10-14)12(16)13(2)8-5-4-6-9-13/h3-9,11H2,1-2H3. The predicted molar refractivity (Wildman–Crippen MR) is 63.7 cm³/mol. The Balaban J connectivity index is 2.62. The zero-order chi connectivity index (χ0) is 12.0. The molecular formula is C13H22N2O. The molecule has 0 atom stereocenters. The molecule has 0 radical (unpaired) electrons. The second-order valence-corrected chi connectivity index (χ2v) is 4.91. The highest BCUT2D eigenvalue weighted by molar-refractivity contribution is 5.82. The first-order chi connectivity index (χ1) is 7.64. The molecule has 1 amide bonds. The lowest BCUT2D eigenvalue weighted by Crippen LogP contribution is -2.43. The lowest BCUT2D eigenvalue weighted by atomic mass is 9.74. The summed E-state index contributed by atoms with van der Waals surface area (Å²) in [4.78, 5) is 14.2. The van der Waals surface area contributed by atoms with Gasteiger partial charge in [0.15, 0.2) is 0 Å². The van der Waals surface area contributed by atoms with Crippen LogP contribution in [-0.2, 0) is 4.79 Å². The average molecular weight is 222 g/mol. The van der Waals surface area contributed by atoms with Crippen molar-refractivity contribution in [3.8, 4) is 6.07 Å². The van der Waals surface area contributed by atoms with Crippen LogP contribution in [0.3, 0.4) is 0 Å². The molecule has 16 heavy (non-hydrogen) atoms. The van der Waals surface area contributed by atoms with Gasteiger partial charge in [-0.05, 0) is 19.8 Å². The number of rotatable bonds is 4. The first kappa shape index (κ1) is 13.0. The number of carbonyl (C=O) groups is 1. The monoisotopic (exact) mass is 222 g/mol. The van der Waals surface area contributed by atoms with Crippen molar-refractivity contribution in [2.45, 2.75) is 52.4 Å². The van der Waals surface area contributed by atoms with E-state index in [4.69, 9.17) is 5.26 Å². The largest absolute Gasteiger partial charge is 0.341 e. The molecule has 1 rings (SSSR count). The molecule has 3 heteroatoms. The molecule has 1 aliphatic carbocycles. The second kappa shape index (κ2) is 5.89. The van der Waals surface area contributed by atoms with E-state index in [0.29, 0.717) is 13.0 Å². The van der Waals surface area contributed by atoms with Crippen molar-refractivity contribution in [3.63, 3.8) is 0 Å². The molecule has 0 unspecified atom stereocenters. The van der Waals surface area contributed by atoms with Gasteiger partial charge in [0.05, 0.1) is 12.5 Å². The van der Waals surface area contributed by atoms with Crippen molar-refractivity contribution in [1.29, 1.82) is 5.26 Å². The summed E-state index contributed by atoms with van der Waals surface area (Å²) in [5.41, 5.74) is -0.163. The van der Waals surface area contributed by atoms with Gasteiger partial charge in [-0.15, -0.1) is 0 Å². The number of hydrogen-bond donors (Lipinski definition) is 0. The van der Waals surface area contributed by atoms with Gasteiger partial charge >= 0.3 is 0 Å². The summed E-state index contributed by atoms with van der Waals surface area (Å²) in [6.07, 6.45) is 6.04. The van der Waals surface area contributed by atoms with E-state index in [1.165, 1.54) is 6.42 Å². The highest BCUT2D eigenvalue weighted by atomic mass is 16.2. The quantitative estimate of drug-likeness (QED) is 0.734. The Hall–Kier alpha value is -1.04. The first-order valence-corrected chi connectivity index (χ1v) is 6.30. The van der Waals surface area contributed by atoms with Crippen LogP contribution in [-0.4, -0.2) is 23.9 Å². The van der Waals surface area contributed by atoms with Gasteiger partial charge in [-0.3, -0.25) is 4.79 Å². The van der Waals surface area contributed by atoms with Gasteiger partial charge in [-0.2, -0.15) is 5.26 Å².